The number of carbonyl (C=O) groups excluding carboxylic acids is 2. The standard InChI is InChI=1S/C23H30N4O4S/c28-22(25-15-18-8-3-1-4-9-18)19-10-7-13-27(17-19)32(30,31)20-14-21(24-16-20)23(29)26-11-5-2-6-12-26/h1,3-4,8-9,14,16,19,24H,2,5-7,10-13,15,17H2,(H,25,28). The van der Waals surface area contributed by atoms with Crippen LogP contribution < -0.4 is 5.32 Å². The van der Waals surface area contributed by atoms with Gasteiger partial charge < -0.3 is 15.2 Å². The van der Waals surface area contributed by atoms with Gasteiger partial charge in [0.05, 0.1) is 5.92 Å². The lowest BCUT2D eigenvalue weighted by atomic mass is 9.99. The zero-order valence-electron chi connectivity index (χ0n) is 18.1. The second kappa shape index (κ2) is 9.87. The van der Waals surface area contributed by atoms with Gasteiger partial charge in [-0.25, -0.2) is 8.42 Å². The minimum absolute atomic E-state index is 0.0724. The number of amides is 2. The molecule has 8 nitrogen and oxygen atoms in total. The zero-order chi connectivity index (χ0) is 22.6. The SMILES string of the molecule is O=C(NCc1ccccc1)C1CCCN(S(=O)(=O)c2c[nH]c(C(=O)N3CCCCC3)c2)C1. The summed E-state index contributed by atoms with van der Waals surface area (Å²) in [6.07, 6.45) is 5.71. The third-order valence-corrected chi connectivity index (χ3v) is 8.08. The lowest BCUT2D eigenvalue weighted by Gasteiger charge is -2.31. The fourth-order valence-electron chi connectivity index (χ4n) is 4.37. The fraction of sp³-hybridized carbons (Fsp3) is 0.478. The smallest absolute Gasteiger partial charge is 0.270 e. The molecule has 0 bridgehead atoms. The first-order valence-corrected chi connectivity index (χ1v) is 12.7. The summed E-state index contributed by atoms with van der Waals surface area (Å²) in [6, 6.07) is 11.0. The molecule has 1 aromatic carbocycles. The van der Waals surface area contributed by atoms with Crippen molar-refractivity contribution in [2.24, 2.45) is 5.92 Å². The van der Waals surface area contributed by atoms with Crippen LogP contribution in [0.15, 0.2) is 47.5 Å². The Hall–Kier alpha value is -2.65. The van der Waals surface area contributed by atoms with Gasteiger partial charge in [-0.2, -0.15) is 4.31 Å². The van der Waals surface area contributed by atoms with Crippen molar-refractivity contribution < 1.29 is 18.0 Å². The van der Waals surface area contributed by atoms with Crippen LogP contribution in [0.4, 0.5) is 0 Å². The lowest BCUT2D eigenvalue weighted by Crippen LogP contribution is -2.45. The Morgan fingerprint density at radius 2 is 1.78 bits per heavy atom. The molecular formula is C23H30N4O4S. The normalized spacial score (nSPS) is 20.1. The average molecular weight is 459 g/mol. The van der Waals surface area contributed by atoms with E-state index < -0.39 is 15.9 Å². The number of aromatic nitrogens is 1. The molecule has 172 valence electrons. The number of nitrogens with one attached hydrogen (secondary N) is 2. The van der Waals surface area contributed by atoms with Crippen LogP contribution in [-0.2, 0) is 21.4 Å². The van der Waals surface area contributed by atoms with Gasteiger partial charge in [-0.3, -0.25) is 9.59 Å². The number of piperidine rings is 2. The molecular weight excluding hydrogens is 428 g/mol. The summed E-state index contributed by atoms with van der Waals surface area (Å²) in [5, 5.41) is 2.92. The molecule has 2 saturated heterocycles. The Labute approximate surface area is 189 Å². The predicted octanol–water partition coefficient (Wildman–Crippen LogP) is 2.36. The highest BCUT2D eigenvalue weighted by Gasteiger charge is 2.34. The Morgan fingerprint density at radius 1 is 1.03 bits per heavy atom. The molecule has 0 radical (unpaired) electrons. The summed E-state index contributed by atoms with van der Waals surface area (Å²) in [4.78, 5) is 30.0. The van der Waals surface area contributed by atoms with E-state index >= 15 is 0 Å². The number of carbonyl (C=O) groups is 2. The summed E-state index contributed by atoms with van der Waals surface area (Å²) >= 11 is 0. The van der Waals surface area contributed by atoms with Gasteiger partial charge in [-0.05, 0) is 43.7 Å². The first kappa shape index (κ1) is 22.5. The molecule has 1 unspecified atom stereocenters. The van der Waals surface area contributed by atoms with Crippen LogP contribution in [0.3, 0.4) is 0 Å². The van der Waals surface area contributed by atoms with Gasteiger partial charge in [-0.15, -0.1) is 0 Å². The van der Waals surface area contributed by atoms with Crippen molar-refractivity contribution in [1.82, 2.24) is 19.5 Å². The lowest BCUT2D eigenvalue weighted by molar-refractivity contribution is -0.126. The zero-order valence-corrected chi connectivity index (χ0v) is 18.9. The van der Waals surface area contributed by atoms with Gasteiger partial charge in [0.25, 0.3) is 5.91 Å². The topological polar surface area (TPSA) is 103 Å². The third kappa shape index (κ3) is 5.05. The van der Waals surface area contributed by atoms with Crippen molar-refractivity contribution >= 4 is 21.8 Å². The number of hydrogen-bond donors (Lipinski definition) is 2. The average Bonchev–Trinajstić information content (AvgIpc) is 3.35. The van der Waals surface area contributed by atoms with Crippen LogP contribution in [-0.4, -0.2) is 60.6 Å². The van der Waals surface area contributed by atoms with Crippen LogP contribution in [0.2, 0.25) is 0 Å². The second-order valence-electron chi connectivity index (χ2n) is 8.51. The first-order valence-electron chi connectivity index (χ1n) is 11.2. The van der Waals surface area contributed by atoms with Crippen molar-refractivity contribution in [1.29, 1.82) is 0 Å². The van der Waals surface area contributed by atoms with Gasteiger partial charge in [0.2, 0.25) is 15.9 Å². The van der Waals surface area contributed by atoms with Crippen molar-refractivity contribution in [3.05, 3.63) is 53.9 Å². The summed E-state index contributed by atoms with van der Waals surface area (Å²) in [6.45, 7) is 2.33. The van der Waals surface area contributed by atoms with E-state index in [1.165, 1.54) is 16.6 Å². The number of benzene rings is 1. The van der Waals surface area contributed by atoms with Crippen LogP contribution in [0, 0.1) is 5.92 Å². The van der Waals surface area contributed by atoms with E-state index in [2.05, 4.69) is 10.3 Å². The molecule has 9 heteroatoms. The molecule has 2 N–H and O–H groups in total. The maximum atomic E-state index is 13.2. The number of rotatable bonds is 6. The van der Waals surface area contributed by atoms with E-state index in [9.17, 15) is 18.0 Å². The molecule has 1 atom stereocenters. The van der Waals surface area contributed by atoms with E-state index in [0.29, 0.717) is 44.7 Å². The fourth-order valence-corrected chi connectivity index (χ4v) is 5.89. The molecule has 2 aromatic rings. The molecule has 2 aliphatic rings. The highest BCUT2D eigenvalue weighted by Crippen LogP contribution is 2.25. The molecule has 0 saturated carbocycles. The van der Waals surface area contributed by atoms with Gasteiger partial charge in [0.1, 0.15) is 10.6 Å². The Kier molecular flexibility index (Phi) is 6.95. The number of H-pyrrole nitrogens is 1. The summed E-state index contributed by atoms with van der Waals surface area (Å²) in [5.74, 6) is -0.692. The monoisotopic (exact) mass is 458 g/mol. The van der Waals surface area contributed by atoms with E-state index in [1.807, 2.05) is 30.3 Å². The minimum atomic E-state index is -3.79. The van der Waals surface area contributed by atoms with Crippen molar-refractivity contribution in [2.75, 3.05) is 26.2 Å². The highest BCUT2D eigenvalue weighted by atomic mass is 32.2. The number of aromatic amines is 1. The Balaban J connectivity index is 1.39. The summed E-state index contributed by atoms with van der Waals surface area (Å²) in [7, 11) is -3.79. The van der Waals surface area contributed by atoms with E-state index in [0.717, 1.165) is 24.8 Å². The Bertz CT molecular complexity index is 1040. The largest absolute Gasteiger partial charge is 0.356 e. The predicted molar refractivity (Wildman–Crippen MR) is 120 cm³/mol. The number of hydrogen-bond acceptors (Lipinski definition) is 4. The van der Waals surface area contributed by atoms with Crippen LogP contribution in [0.25, 0.3) is 0 Å². The van der Waals surface area contributed by atoms with Gasteiger partial charge in [0, 0.05) is 38.9 Å². The first-order chi connectivity index (χ1) is 15.4. The molecule has 0 aliphatic carbocycles. The highest BCUT2D eigenvalue weighted by molar-refractivity contribution is 7.89. The molecule has 32 heavy (non-hydrogen) atoms. The summed E-state index contributed by atoms with van der Waals surface area (Å²) in [5.41, 5.74) is 1.29. The number of likely N-dealkylation sites (tertiary alicyclic amines) is 1. The van der Waals surface area contributed by atoms with Crippen molar-refractivity contribution in [2.45, 2.75) is 43.5 Å². The summed E-state index contributed by atoms with van der Waals surface area (Å²) < 4.78 is 27.8. The molecule has 2 amide bonds. The van der Waals surface area contributed by atoms with Crippen molar-refractivity contribution in [3.63, 3.8) is 0 Å². The maximum absolute atomic E-state index is 13.2. The van der Waals surface area contributed by atoms with E-state index in [4.69, 9.17) is 0 Å². The molecule has 2 fully saturated rings. The van der Waals surface area contributed by atoms with Crippen LogP contribution in [0.1, 0.15) is 48.2 Å². The van der Waals surface area contributed by atoms with Crippen LogP contribution >= 0.6 is 0 Å². The third-order valence-electron chi connectivity index (χ3n) is 6.23. The molecule has 0 spiro atoms. The van der Waals surface area contributed by atoms with Gasteiger partial charge in [0.15, 0.2) is 0 Å². The van der Waals surface area contributed by atoms with E-state index in [1.54, 1.807) is 4.90 Å². The number of nitrogens with zero attached hydrogens (tertiary/aromatic N) is 2. The van der Waals surface area contributed by atoms with Gasteiger partial charge >= 0.3 is 0 Å². The number of sulfonamides is 1. The van der Waals surface area contributed by atoms with Crippen molar-refractivity contribution in [3.8, 4) is 0 Å². The minimum Gasteiger partial charge on any atom is -0.356 e. The second-order valence-corrected chi connectivity index (χ2v) is 10.4. The Morgan fingerprint density at radius 3 is 2.53 bits per heavy atom. The molecule has 1 aromatic heterocycles. The molecule has 4 rings (SSSR count). The molecule has 2 aliphatic heterocycles. The quantitative estimate of drug-likeness (QED) is 0.694. The van der Waals surface area contributed by atoms with Crippen LogP contribution in [0.5, 0.6) is 0 Å². The van der Waals surface area contributed by atoms with E-state index in [-0.39, 0.29) is 23.3 Å². The molecule has 3 heterocycles. The van der Waals surface area contributed by atoms with Gasteiger partial charge in [-0.1, -0.05) is 30.3 Å². The maximum Gasteiger partial charge on any atom is 0.270 e.